The molecule has 1 unspecified atom stereocenters. The molecular weight excluding hydrogens is 196 g/mol. The minimum absolute atomic E-state index is 0.401. The first-order chi connectivity index (χ1) is 6.57. The predicted molar refractivity (Wildman–Crippen MR) is 64.6 cm³/mol. The molecule has 0 spiro atoms. The van der Waals surface area contributed by atoms with E-state index in [-0.39, 0.29) is 0 Å². The number of nitrogens with zero attached hydrogens (tertiary/aromatic N) is 1. The molecule has 0 aromatic carbocycles. The van der Waals surface area contributed by atoms with Crippen molar-refractivity contribution in [3.05, 3.63) is 0 Å². The first kappa shape index (κ1) is 13.8. The second-order valence-electron chi connectivity index (χ2n) is 3.61. The van der Waals surface area contributed by atoms with E-state index in [0.717, 1.165) is 32.6 Å². The van der Waals surface area contributed by atoms with Gasteiger partial charge >= 0.3 is 0 Å². The molecule has 0 aliphatic rings. The van der Waals surface area contributed by atoms with Crippen LogP contribution in [0.1, 0.15) is 26.7 Å². The zero-order valence-electron chi connectivity index (χ0n) is 9.45. The van der Waals surface area contributed by atoms with Gasteiger partial charge < -0.3 is 15.4 Å². The molecule has 0 saturated carbocycles. The Balaban J connectivity index is 3.51. The lowest BCUT2D eigenvalue weighted by Gasteiger charge is -2.23. The maximum Gasteiger partial charge on any atom is 0.0742 e. The lowest BCUT2D eigenvalue weighted by Crippen LogP contribution is -2.34. The topological polar surface area (TPSA) is 38.5 Å². The molecule has 1 atom stereocenters. The number of ether oxygens (including phenoxy) is 1. The average molecular weight is 218 g/mol. The van der Waals surface area contributed by atoms with Crippen LogP contribution in [-0.2, 0) is 4.74 Å². The minimum atomic E-state index is 0.401. The molecule has 2 N–H and O–H groups in total. The van der Waals surface area contributed by atoms with Crippen LogP contribution in [0.25, 0.3) is 0 Å². The van der Waals surface area contributed by atoms with Gasteiger partial charge in [0.05, 0.1) is 11.6 Å². The van der Waals surface area contributed by atoms with Gasteiger partial charge in [-0.2, -0.15) is 0 Å². The van der Waals surface area contributed by atoms with E-state index in [0.29, 0.717) is 11.0 Å². The standard InChI is InChI=1S/C10H22N2OS/c1-4-6-13-7-5-12(3)9(2)8-10(11)14/h9H,4-8H2,1-3H3,(H2,11,14). The highest BCUT2D eigenvalue weighted by molar-refractivity contribution is 7.80. The molecule has 0 fully saturated rings. The Bertz CT molecular complexity index is 164. The van der Waals surface area contributed by atoms with Crippen molar-refractivity contribution >= 4 is 17.2 Å². The van der Waals surface area contributed by atoms with E-state index < -0.39 is 0 Å². The molecule has 0 aromatic heterocycles. The Morgan fingerprint density at radius 2 is 2.14 bits per heavy atom. The van der Waals surface area contributed by atoms with E-state index in [4.69, 9.17) is 22.7 Å². The van der Waals surface area contributed by atoms with Crippen molar-refractivity contribution in [1.29, 1.82) is 0 Å². The van der Waals surface area contributed by atoms with E-state index >= 15 is 0 Å². The van der Waals surface area contributed by atoms with Crippen molar-refractivity contribution in [2.75, 3.05) is 26.8 Å². The molecule has 0 radical (unpaired) electrons. The van der Waals surface area contributed by atoms with Gasteiger partial charge in [0.25, 0.3) is 0 Å². The molecular formula is C10H22N2OS. The quantitative estimate of drug-likeness (QED) is 0.494. The molecule has 4 heteroatoms. The highest BCUT2D eigenvalue weighted by atomic mass is 32.1. The summed E-state index contributed by atoms with van der Waals surface area (Å²) in [5, 5.41) is 0. The van der Waals surface area contributed by atoms with Gasteiger partial charge in [0.2, 0.25) is 0 Å². The van der Waals surface area contributed by atoms with E-state index in [2.05, 4.69) is 25.8 Å². The van der Waals surface area contributed by atoms with Crippen LogP contribution in [0, 0.1) is 0 Å². The van der Waals surface area contributed by atoms with Crippen LogP contribution in [0.2, 0.25) is 0 Å². The van der Waals surface area contributed by atoms with Crippen LogP contribution >= 0.6 is 12.2 Å². The Morgan fingerprint density at radius 3 is 2.64 bits per heavy atom. The van der Waals surface area contributed by atoms with Crippen LogP contribution in [0.5, 0.6) is 0 Å². The van der Waals surface area contributed by atoms with Crippen molar-refractivity contribution in [3.63, 3.8) is 0 Å². The second-order valence-corrected chi connectivity index (χ2v) is 4.14. The van der Waals surface area contributed by atoms with E-state index in [1.54, 1.807) is 0 Å². The van der Waals surface area contributed by atoms with Crippen LogP contribution in [0.15, 0.2) is 0 Å². The van der Waals surface area contributed by atoms with Crippen LogP contribution in [0.3, 0.4) is 0 Å². The Hall–Kier alpha value is -0.190. The molecule has 3 nitrogen and oxygen atoms in total. The fraction of sp³-hybridized carbons (Fsp3) is 0.900. The van der Waals surface area contributed by atoms with E-state index in [1.165, 1.54) is 0 Å². The van der Waals surface area contributed by atoms with Gasteiger partial charge in [0, 0.05) is 25.6 Å². The zero-order chi connectivity index (χ0) is 11.0. The third kappa shape index (κ3) is 7.24. The normalized spacial score (nSPS) is 13.1. The van der Waals surface area contributed by atoms with Gasteiger partial charge in [-0.1, -0.05) is 19.1 Å². The summed E-state index contributed by atoms with van der Waals surface area (Å²) < 4.78 is 5.40. The van der Waals surface area contributed by atoms with Gasteiger partial charge in [0.1, 0.15) is 0 Å². The number of nitrogens with two attached hydrogens (primary N) is 1. The summed E-state index contributed by atoms with van der Waals surface area (Å²) in [5.41, 5.74) is 5.48. The summed E-state index contributed by atoms with van der Waals surface area (Å²) in [5.74, 6) is 0. The van der Waals surface area contributed by atoms with E-state index in [1.807, 2.05) is 0 Å². The van der Waals surface area contributed by atoms with Crippen LogP contribution in [0.4, 0.5) is 0 Å². The van der Waals surface area contributed by atoms with Crippen molar-refractivity contribution in [1.82, 2.24) is 4.90 Å². The first-order valence-corrected chi connectivity index (χ1v) is 5.55. The first-order valence-electron chi connectivity index (χ1n) is 5.14. The molecule has 0 aliphatic heterocycles. The lowest BCUT2D eigenvalue weighted by molar-refractivity contribution is 0.102. The van der Waals surface area contributed by atoms with Gasteiger partial charge in [-0.3, -0.25) is 0 Å². The van der Waals surface area contributed by atoms with E-state index in [9.17, 15) is 0 Å². The van der Waals surface area contributed by atoms with Gasteiger partial charge in [-0.05, 0) is 20.4 Å². The van der Waals surface area contributed by atoms with Crippen molar-refractivity contribution < 1.29 is 4.74 Å². The SMILES string of the molecule is CCCOCCN(C)C(C)CC(N)=S. The third-order valence-corrected chi connectivity index (χ3v) is 2.35. The minimum Gasteiger partial charge on any atom is -0.393 e. The summed E-state index contributed by atoms with van der Waals surface area (Å²) in [6.07, 6.45) is 1.85. The molecule has 0 bridgehead atoms. The highest BCUT2D eigenvalue weighted by Gasteiger charge is 2.09. The summed E-state index contributed by atoms with van der Waals surface area (Å²) in [6, 6.07) is 0.401. The monoisotopic (exact) mass is 218 g/mol. The molecule has 0 amide bonds. The molecule has 0 saturated heterocycles. The Morgan fingerprint density at radius 1 is 1.50 bits per heavy atom. The maximum atomic E-state index is 5.48. The molecule has 0 rings (SSSR count). The van der Waals surface area contributed by atoms with Gasteiger partial charge in [0.15, 0.2) is 0 Å². The third-order valence-electron chi connectivity index (χ3n) is 2.19. The largest absolute Gasteiger partial charge is 0.393 e. The van der Waals surface area contributed by atoms with Crippen LogP contribution < -0.4 is 5.73 Å². The second kappa shape index (κ2) is 8.15. The number of thiocarbonyl (C=S) groups is 1. The van der Waals surface area contributed by atoms with Crippen molar-refractivity contribution in [2.45, 2.75) is 32.7 Å². The lowest BCUT2D eigenvalue weighted by atomic mass is 10.2. The van der Waals surface area contributed by atoms with Crippen molar-refractivity contribution in [2.24, 2.45) is 5.73 Å². The predicted octanol–water partition coefficient (Wildman–Crippen LogP) is 1.41. The molecule has 0 aliphatic carbocycles. The summed E-state index contributed by atoms with van der Waals surface area (Å²) >= 11 is 4.87. The number of likely N-dealkylation sites (N-methyl/N-ethyl adjacent to an activating group) is 1. The van der Waals surface area contributed by atoms with Crippen LogP contribution in [-0.4, -0.2) is 42.7 Å². The van der Waals surface area contributed by atoms with Crippen molar-refractivity contribution in [3.8, 4) is 0 Å². The zero-order valence-corrected chi connectivity index (χ0v) is 10.3. The van der Waals surface area contributed by atoms with Gasteiger partial charge in [-0.15, -0.1) is 0 Å². The smallest absolute Gasteiger partial charge is 0.0742 e. The summed E-state index contributed by atoms with van der Waals surface area (Å²) in [4.78, 5) is 2.80. The number of hydrogen-bond acceptors (Lipinski definition) is 3. The fourth-order valence-electron chi connectivity index (χ4n) is 1.12. The number of hydrogen-bond donors (Lipinski definition) is 1. The number of rotatable bonds is 8. The molecule has 0 heterocycles. The average Bonchev–Trinajstić information content (AvgIpc) is 2.11. The molecule has 14 heavy (non-hydrogen) atoms. The Labute approximate surface area is 92.6 Å². The Kier molecular flexibility index (Phi) is 8.04. The maximum absolute atomic E-state index is 5.48. The summed E-state index contributed by atoms with van der Waals surface area (Å²) in [7, 11) is 2.07. The highest BCUT2D eigenvalue weighted by Crippen LogP contribution is 2.00. The molecule has 0 aromatic rings. The van der Waals surface area contributed by atoms with Gasteiger partial charge in [-0.25, -0.2) is 0 Å². The fourth-order valence-corrected chi connectivity index (χ4v) is 1.36. The molecule has 84 valence electrons. The summed E-state index contributed by atoms with van der Waals surface area (Å²) in [6.45, 7) is 6.80.